The first kappa shape index (κ1) is 24.8. The Morgan fingerprint density at radius 1 is 1.03 bits per heavy atom. The molecule has 0 atom stereocenters. The van der Waals surface area contributed by atoms with Crippen molar-refractivity contribution in [1.82, 2.24) is 9.29 Å². The van der Waals surface area contributed by atoms with E-state index < -0.39 is 27.0 Å². The third-order valence-electron chi connectivity index (χ3n) is 4.86. The number of hydrogen-bond donors (Lipinski definition) is 1. The van der Waals surface area contributed by atoms with E-state index >= 15 is 0 Å². The molecule has 0 bridgehead atoms. The Balaban J connectivity index is 0.00000289. The number of nitrogens with one attached hydrogen (secondary N) is 1. The third-order valence-corrected chi connectivity index (χ3v) is 7.13. The fourth-order valence-electron chi connectivity index (χ4n) is 3.57. The van der Waals surface area contributed by atoms with Crippen LogP contribution >= 0.6 is 35.6 Å². The van der Waals surface area contributed by atoms with E-state index in [2.05, 4.69) is 10.1 Å². The van der Waals surface area contributed by atoms with Gasteiger partial charge in [0, 0.05) is 48.9 Å². The van der Waals surface area contributed by atoms with Gasteiger partial charge in [0.05, 0.1) is 16.2 Å². The van der Waals surface area contributed by atoms with E-state index in [1.54, 1.807) is 12.1 Å². The topological polar surface area (TPSA) is 63.6 Å². The van der Waals surface area contributed by atoms with Crippen molar-refractivity contribution >= 4 is 62.2 Å². The lowest BCUT2D eigenvalue weighted by Gasteiger charge is -2.30. The summed E-state index contributed by atoms with van der Waals surface area (Å²) in [6.45, 7) is 2.85. The van der Waals surface area contributed by atoms with Crippen LogP contribution in [0.15, 0.2) is 47.5 Å². The summed E-state index contributed by atoms with van der Waals surface area (Å²) in [6, 6.07) is 7.65. The van der Waals surface area contributed by atoms with Crippen LogP contribution in [0.25, 0.3) is 10.9 Å². The van der Waals surface area contributed by atoms with Gasteiger partial charge in [-0.05, 0) is 30.3 Å². The molecule has 4 rings (SSSR count). The van der Waals surface area contributed by atoms with Gasteiger partial charge < -0.3 is 15.0 Å². The normalized spacial score (nSPS) is 15.0. The largest absolute Gasteiger partial charge is 0.573 e. The average molecular weight is 531 g/mol. The molecule has 1 aliphatic heterocycles. The summed E-state index contributed by atoms with van der Waals surface area (Å²) in [7, 11) is -4.44. The van der Waals surface area contributed by atoms with Crippen molar-refractivity contribution in [2.75, 3.05) is 31.1 Å². The summed E-state index contributed by atoms with van der Waals surface area (Å²) < 4.78 is 70.0. The molecule has 1 N–H and O–H groups in total. The molecule has 1 aromatic heterocycles. The minimum atomic E-state index is -5.09. The van der Waals surface area contributed by atoms with Crippen LogP contribution in [-0.2, 0) is 10.0 Å². The Hall–Kier alpha value is -1.85. The molecular formula is C19H17Cl3F3N3O3S. The molecular weight excluding hydrogens is 514 g/mol. The molecule has 0 radical (unpaired) electrons. The number of rotatable bonds is 4. The van der Waals surface area contributed by atoms with E-state index in [0.717, 1.165) is 29.2 Å². The summed E-state index contributed by atoms with van der Waals surface area (Å²) in [5.74, 6) is -0.904. The number of alkyl halides is 3. The minimum absolute atomic E-state index is 0. The number of nitrogens with zero attached hydrogens (tertiary/aromatic N) is 2. The van der Waals surface area contributed by atoms with Crippen molar-refractivity contribution in [3.8, 4) is 5.75 Å². The number of piperazine rings is 1. The fourth-order valence-corrected chi connectivity index (χ4v) is 5.47. The van der Waals surface area contributed by atoms with Crippen molar-refractivity contribution in [3.05, 3.63) is 52.6 Å². The Bertz CT molecular complexity index is 1240. The highest BCUT2D eigenvalue weighted by Crippen LogP contribution is 2.38. The lowest BCUT2D eigenvalue weighted by Crippen LogP contribution is -2.43. The number of ether oxygens (including phenoxy) is 1. The van der Waals surface area contributed by atoms with Gasteiger partial charge in [-0.1, -0.05) is 23.2 Å². The van der Waals surface area contributed by atoms with Gasteiger partial charge in [0.15, 0.2) is 5.75 Å². The molecule has 0 unspecified atom stereocenters. The van der Waals surface area contributed by atoms with E-state index in [1.165, 1.54) is 18.3 Å². The summed E-state index contributed by atoms with van der Waals surface area (Å²) in [6.07, 6.45) is -3.80. The summed E-state index contributed by atoms with van der Waals surface area (Å²) in [4.78, 5) is 1.38. The molecule has 6 nitrogen and oxygen atoms in total. The van der Waals surface area contributed by atoms with Gasteiger partial charge in [0.1, 0.15) is 4.90 Å². The first-order valence-corrected chi connectivity index (χ1v) is 11.3. The lowest BCUT2D eigenvalue weighted by atomic mass is 10.2. The molecule has 3 aromatic rings. The van der Waals surface area contributed by atoms with Gasteiger partial charge in [-0.2, -0.15) is 0 Å². The Labute approximate surface area is 198 Å². The van der Waals surface area contributed by atoms with Crippen LogP contribution in [0.4, 0.5) is 18.9 Å². The minimum Gasteiger partial charge on any atom is -0.404 e. The van der Waals surface area contributed by atoms with Crippen LogP contribution in [0.3, 0.4) is 0 Å². The number of benzene rings is 2. The monoisotopic (exact) mass is 529 g/mol. The Kier molecular flexibility index (Phi) is 7.11. The molecule has 32 heavy (non-hydrogen) atoms. The second-order valence-electron chi connectivity index (χ2n) is 6.82. The SMILES string of the molecule is Cl.O=S(=O)(c1ccc(Cl)cc1OC(F)(F)F)n1ccc2c(N3CCNCC3)c(Cl)ccc21. The predicted octanol–water partition coefficient (Wildman–Crippen LogP) is 4.92. The molecule has 1 saturated heterocycles. The molecule has 2 heterocycles. The summed E-state index contributed by atoms with van der Waals surface area (Å²) in [5, 5.41) is 4.17. The first-order valence-electron chi connectivity index (χ1n) is 9.14. The third kappa shape index (κ3) is 4.74. The standard InChI is InChI=1S/C19H16Cl2F3N3O3S.ClH/c20-12-1-4-17(16(11-12)30-19(22,23)24)31(28,29)27-8-5-13-15(27)3-2-14(21)18(13)26-9-6-25-7-10-26;/h1-5,8,11,25H,6-7,9-10H2;1H. The number of anilines is 1. The molecule has 2 aromatic carbocycles. The average Bonchev–Trinajstić information content (AvgIpc) is 3.12. The smallest absolute Gasteiger partial charge is 0.404 e. The molecule has 1 aliphatic rings. The molecule has 0 amide bonds. The highest BCUT2D eigenvalue weighted by atomic mass is 35.5. The zero-order chi connectivity index (χ0) is 22.4. The Morgan fingerprint density at radius 2 is 1.72 bits per heavy atom. The van der Waals surface area contributed by atoms with Crippen molar-refractivity contribution in [2.24, 2.45) is 0 Å². The molecule has 1 fully saturated rings. The maximum Gasteiger partial charge on any atom is 0.573 e. The van der Waals surface area contributed by atoms with Crippen molar-refractivity contribution in [1.29, 1.82) is 0 Å². The van der Waals surface area contributed by atoms with Gasteiger partial charge in [-0.15, -0.1) is 25.6 Å². The zero-order valence-electron chi connectivity index (χ0n) is 16.2. The number of halogens is 6. The zero-order valence-corrected chi connectivity index (χ0v) is 19.3. The van der Waals surface area contributed by atoms with Crippen LogP contribution in [0, 0.1) is 0 Å². The molecule has 174 valence electrons. The summed E-state index contributed by atoms with van der Waals surface area (Å²) >= 11 is 12.2. The van der Waals surface area contributed by atoms with Gasteiger partial charge in [0.25, 0.3) is 10.0 Å². The maximum absolute atomic E-state index is 13.3. The van der Waals surface area contributed by atoms with Crippen LogP contribution in [-0.4, -0.2) is 44.9 Å². The van der Waals surface area contributed by atoms with Crippen LogP contribution < -0.4 is 15.0 Å². The highest BCUT2D eigenvalue weighted by Gasteiger charge is 2.35. The van der Waals surface area contributed by atoms with Crippen LogP contribution in [0.2, 0.25) is 10.0 Å². The van der Waals surface area contributed by atoms with Crippen LogP contribution in [0.5, 0.6) is 5.75 Å². The Morgan fingerprint density at radius 3 is 2.38 bits per heavy atom. The fraction of sp³-hybridized carbons (Fsp3) is 0.263. The van der Waals surface area contributed by atoms with E-state index in [1.807, 2.05) is 4.90 Å². The molecule has 0 saturated carbocycles. The number of aromatic nitrogens is 1. The first-order chi connectivity index (χ1) is 14.6. The molecule has 0 aliphatic carbocycles. The van der Waals surface area contributed by atoms with Crippen LogP contribution in [0.1, 0.15) is 0 Å². The van der Waals surface area contributed by atoms with Gasteiger partial charge in [-0.3, -0.25) is 0 Å². The van der Waals surface area contributed by atoms with Gasteiger partial charge in [-0.25, -0.2) is 12.4 Å². The van der Waals surface area contributed by atoms with E-state index in [4.69, 9.17) is 23.2 Å². The second-order valence-corrected chi connectivity index (χ2v) is 9.45. The van der Waals surface area contributed by atoms with E-state index in [-0.39, 0.29) is 22.9 Å². The number of fused-ring (bicyclic) bond motifs is 1. The molecule has 13 heteroatoms. The van der Waals surface area contributed by atoms with Gasteiger partial charge in [0.2, 0.25) is 0 Å². The molecule has 0 spiro atoms. The van der Waals surface area contributed by atoms with Crippen molar-refractivity contribution in [2.45, 2.75) is 11.3 Å². The van der Waals surface area contributed by atoms with E-state index in [0.29, 0.717) is 29.2 Å². The summed E-state index contributed by atoms with van der Waals surface area (Å²) in [5.41, 5.74) is 0.961. The van der Waals surface area contributed by atoms with Crippen molar-refractivity contribution < 1.29 is 26.3 Å². The maximum atomic E-state index is 13.3. The van der Waals surface area contributed by atoms with Crippen molar-refractivity contribution in [3.63, 3.8) is 0 Å². The van der Waals surface area contributed by atoms with Gasteiger partial charge >= 0.3 is 6.36 Å². The second kappa shape index (κ2) is 9.18. The highest BCUT2D eigenvalue weighted by molar-refractivity contribution is 7.90. The van der Waals surface area contributed by atoms with E-state index in [9.17, 15) is 21.6 Å². The quantitative estimate of drug-likeness (QED) is 0.519. The lowest BCUT2D eigenvalue weighted by molar-refractivity contribution is -0.275. The predicted molar refractivity (Wildman–Crippen MR) is 120 cm³/mol. The number of hydrogen-bond acceptors (Lipinski definition) is 5.